The van der Waals surface area contributed by atoms with E-state index in [1.54, 1.807) is 25.9 Å². The van der Waals surface area contributed by atoms with Gasteiger partial charge in [-0.15, -0.1) is 0 Å². The molecule has 1 atom stereocenters. The predicted molar refractivity (Wildman–Crippen MR) is 87.8 cm³/mol. The van der Waals surface area contributed by atoms with Gasteiger partial charge in [0.15, 0.2) is 5.82 Å². The molecular weight excluding hydrogens is 292 g/mol. The molecule has 1 unspecified atom stereocenters. The number of aromatic nitrogens is 2. The average molecular weight is 318 g/mol. The van der Waals surface area contributed by atoms with Crippen LogP contribution in [0.25, 0.3) is 0 Å². The molecule has 0 saturated carbocycles. The molecule has 1 fully saturated rings. The highest BCUT2D eigenvalue weighted by Gasteiger charge is 2.28. The molecule has 126 valence electrons. The van der Waals surface area contributed by atoms with Crippen LogP contribution >= 0.6 is 0 Å². The Kier molecular flexibility index (Phi) is 5.69. The fourth-order valence-electron chi connectivity index (χ4n) is 2.97. The maximum absolute atomic E-state index is 11.9. The van der Waals surface area contributed by atoms with Crippen molar-refractivity contribution in [1.82, 2.24) is 19.8 Å². The van der Waals surface area contributed by atoms with E-state index >= 15 is 0 Å². The Bertz CT molecular complexity index is 586. The standard InChI is InChI=1S/C17H26N4O2/c1-12-11-14(8-9-16(23)20(3)4)19-17(18-12)15-7-5-6-10-21(15)13(2)22/h11,15H,5-10H2,1-4H3. The summed E-state index contributed by atoms with van der Waals surface area (Å²) in [5.41, 5.74) is 1.76. The van der Waals surface area contributed by atoms with Gasteiger partial charge in [-0.3, -0.25) is 9.59 Å². The third-order valence-electron chi connectivity index (χ3n) is 4.22. The van der Waals surface area contributed by atoms with Gasteiger partial charge in [-0.05, 0) is 38.7 Å². The maximum atomic E-state index is 11.9. The zero-order valence-electron chi connectivity index (χ0n) is 14.5. The van der Waals surface area contributed by atoms with Gasteiger partial charge in [0.1, 0.15) is 0 Å². The molecule has 0 radical (unpaired) electrons. The second-order valence-corrected chi connectivity index (χ2v) is 6.37. The minimum atomic E-state index is -0.0375. The molecule has 1 saturated heterocycles. The lowest BCUT2D eigenvalue weighted by Crippen LogP contribution is -2.38. The minimum absolute atomic E-state index is 0.0375. The van der Waals surface area contributed by atoms with Crippen LogP contribution in [0.3, 0.4) is 0 Å². The highest BCUT2D eigenvalue weighted by Crippen LogP contribution is 2.29. The zero-order valence-corrected chi connectivity index (χ0v) is 14.5. The first-order valence-corrected chi connectivity index (χ1v) is 8.20. The largest absolute Gasteiger partial charge is 0.349 e. The third kappa shape index (κ3) is 4.50. The van der Waals surface area contributed by atoms with Gasteiger partial charge in [0.05, 0.1) is 6.04 Å². The van der Waals surface area contributed by atoms with Crippen molar-refractivity contribution >= 4 is 11.8 Å². The van der Waals surface area contributed by atoms with Gasteiger partial charge in [-0.2, -0.15) is 0 Å². The fraction of sp³-hybridized carbons (Fsp3) is 0.647. The number of hydrogen-bond donors (Lipinski definition) is 0. The third-order valence-corrected chi connectivity index (χ3v) is 4.22. The fourth-order valence-corrected chi connectivity index (χ4v) is 2.97. The number of amides is 2. The Morgan fingerprint density at radius 3 is 2.70 bits per heavy atom. The number of carbonyl (C=O) groups is 2. The van der Waals surface area contributed by atoms with Crippen LogP contribution in [0, 0.1) is 6.92 Å². The Labute approximate surface area is 137 Å². The van der Waals surface area contributed by atoms with Crippen LogP contribution in [-0.2, 0) is 16.0 Å². The summed E-state index contributed by atoms with van der Waals surface area (Å²) in [6.07, 6.45) is 4.05. The van der Waals surface area contributed by atoms with E-state index in [1.807, 2.05) is 17.9 Å². The number of rotatable bonds is 4. The van der Waals surface area contributed by atoms with Crippen molar-refractivity contribution in [3.63, 3.8) is 0 Å². The molecule has 23 heavy (non-hydrogen) atoms. The predicted octanol–water partition coefficient (Wildman–Crippen LogP) is 1.88. The summed E-state index contributed by atoms with van der Waals surface area (Å²) in [6, 6.07) is 1.89. The number of likely N-dealkylation sites (tertiary alicyclic amines) is 1. The number of piperidine rings is 1. The zero-order chi connectivity index (χ0) is 17.0. The maximum Gasteiger partial charge on any atom is 0.222 e. The molecule has 2 amide bonds. The number of nitrogens with zero attached hydrogens (tertiary/aromatic N) is 4. The van der Waals surface area contributed by atoms with Crippen molar-refractivity contribution in [3.8, 4) is 0 Å². The van der Waals surface area contributed by atoms with E-state index < -0.39 is 0 Å². The van der Waals surface area contributed by atoms with E-state index in [2.05, 4.69) is 9.97 Å². The lowest BCUT2D eigenvalue weighted by Gasteiger charge is -2.34. The van der Waals surface area contributed by atoms with E-state index in [-0.39, 0.29) is 17.9 Å². The van der Waals surface area contributed by atoms with Gasteiger partial charge in [0.25, 0.3) is 0 Å². The van der Waals surface area contributed by atoms with Crippen LogP contribution in [0.4, 0.5) is 0 Å². The molecular formula is C17H26N4O2. The Morgan fingerprint density at radius 1 is 1.30 bits per heavy atom. The molecule has 0 spiro atoms. The number of aryl methyl sites for hydroxylation is 2. The first-order valence-electron chi connectivity index (χ1n) is 8.20. The minimum Gasteiger partial charge on any atom is -0.349 e. The average Bonchev–Trinajstić information content (AvgIpc) is 2.51. The Balaban J connectivity index is 2.18. The van der Waals surface area contributed by atoms with Crippen molar-refractivity contribution in [1.29, 1.82) is 0 Å². The molecule has 2 heterocycles. The number of hydrogen-bond acceptors (Lipinski definition) is 4. The van der Waals surface area contributed by atoms with Crippen LogP contribution in [0.1, 0.15) is 55.9 Å². The van der Waals surface area contributed by atoms with Crippen molar-refractivity contribution in [3.05, 3.63) is 23.3 Å². The van der Waals surface area contributed by atoms with Gasteiger partial charge >= 0.3 is 0 Å². The summed E-state index contributed by atoms with van der Waals surface area (Å²) in [5, 5.41) is 0. The van der Waals surface area contributed by atoms with Crippen molar-refractivity contribution in [2.75, 3.05) is 20.6 Å². The highest BCUT2D eigenvalue weighted by atomic mass is 16.2. The van der Waals surface area contributed by atoms with E-state index in [1.165, 1.54) is 0 Å². The molecule has 6 nitrogen and oxygen atoms in total. The normalized spacial score (nSPS) is 17.9. The van der Waals surface area contributed by atoms with Crippen molar-refractivity contribution in [2.45, 2.75) is 52.0 Å². The number of carbonyl (C=O) groups excluding carboxylic acids is 2. The summed E-state index contributed by atoms with van der Waals surface area (Å²) in [6.45, 7) is 4.31. The first-order chi connectivity index (χ1) is 10.9. The smallest absolute Gasteiger partial charge is 0.222 e. The van der Waals surface area contributed by atoms with Crippen LogP contribution in [0.15, 0.2) is 6.07 Å². The molecule has 1 aromatic heterocycles. The van der Waals surface area contributed by atoms with Gasteiger partial charge in [0.2, 0.25) is 11.8 Å². The van der Waals surface area contributed by atoms with E-state index in [0.29, 0.717) is 18.7 Å². The Morgan fingerprint density at radius 2 is 2.04 bits per heavy atom. The van der Waals surface area contributed by atoms with Crippen LogP contribution in [0.5, 0.6) is 0 Å². The topological polar surface area (TPSA) is 66.4 Å². The second-order valence-electron chi connectivity index (χ2n) is 6.37. The molecule has 0 bridgehead atoms. The van der Waals surface area contributed by atoms with Crippen molar-refractivity contribution in [2.24, 2.45) is 0 Å². The first kappa shape index (κ1) is 17.4. The van der Waals surface area contributed by atoms with Crippen LogP contribution < -0.4 is 0 Å². The lowest BCUT2D eigenvalue weighted by atomic mass is 10.0. The van der Waals surface area contributed by atoms with E-state index in [9.17, 15) is 9.59 Å². The molecule has 0 aliphatic carbocycles. The summed E-state index contributed by atoms with van der Waals surface area (Å²) in [5.74, 6) is 0.877. The monoisotopic (exact) mass is 318 g/mol. The Hall–Kier alpha value is -1.98. The van der Waals surface area contributed by atoms with Gasteiger partial charge in [-0.1, -0.05) is 0 Å². The molecule has 1 aliphatic rings. The molecule has 1 aromatic rings. The van der Waals surface area contributed by atoms with Crippen LogP contribution in [0.2, 0.25) is 0 Å². The lowest BCUT2D eigenvalue weighted by molar-refractivity contribution is -0.132. The van der Waals surface area contributed by atoms with Gasteiger partial charge < -0.3 is 9.80 Å². The summed E-state index contributed by atoms with van der Waals surface area (Å²) < 4.78 is 0. The van der Waals surface area contributed by atoms with E-state index in [0.717, 1.165) is 37.2 Å². The van der Waals surface area contributed by atoms with Crippen molar-refractivity contribution < 1.29 is 9.59 Å². The van der Waals surface area contributed by atoms with E-state index in [4.69, 9.17) is 0 Å². The molecule has 6 heteroatoms. The van der Waals surface area contributed by atoms with Gasteiger partial charge in [0, 0.05) is 45.4 Å². The highest BCUT2D eigenvalue weighted by molar-refractivity contribution is 5.75. The molecule has 1 aliphatic heterocycles. The second kappa shape index (κ2) is 7.53. The quantitative estimate of drug-likeness (QED) is 0.850. The molecule has 2 rings (SSSR count). The van der Waals surface area contributed by atoms with Crippen LogP contribution in [-0.4, -0.2) is 52.2 Å². The molecule has 0 aromatic carbocycles. The SMILES string of the molecule is CC(=O)N1CCCCC1c1nc(C)cc(CCC(=O)N(C)C)n1. The van der Waals surface area contributed by atoms with Gasteiger partial charge in [-0.25, -0.2) is 9.97 Å². The summed E-state index contributed by atoms with van der Waals surface area (Å²) in [7, 11) is 3.51. The molecule has 0 N–H and O–H groups in total. The summed E-state index contributed by atoms with van der Waals surface area (Å²) in [4.78, 5) is 36.3. The summed E-state index contributed by atoms with van der Waals surface area (Å²) >= 11 is 0.